The molecular weight excluding hydrogens is 277 g/mol. The summed E-state index contributed by atoms with van der Waals surface area (Å²) in [6.45, 7) is 4.73. The number of nitrogen functional groups attached to an aromatic ring is 1. The standard InChI is InChI=1S/C18H16FN3/c1-3-22-17-8-11(2)4-6-13(17)14(10-20)18(22)12-5-7-16(21)15(19)9-12/h4-9H,3,21H2,1-2H3. The highest BCUT2D eigenvalue weighted by Gasteiger charge is 2.18. The molecule has 2 aromatic carbocycles. The van der Waals surface area contributed by atoms with E-state index < -0.39 is 5.82 Å². The molecule has 0 spiro atoms. The fourth-order valence-electron chi connectivity index (χ4n) is 2.88. The average molecular weight is 293 g/mol. The number of aryl methyl sites for hydroxylation is 2. The molecule has 0 radical (unpaired) electrons. The van der Waals surface area contributed by atoms with Crippen LogP contribution in [0.3, 0.4) is 0 Å². The van der Waals surface area contributed by atoms with Gasteiger partial charge in [0.05, 0.1) is 22.5 Å². The van der Waals surface area contributed by atoms with E-state index in [2.05, 4.69) is 12.1 Å². The molecular formula is C18H16FN3. The predicted octanol–water partition coefficient (Wildman–Crippen LogP) is 4.23. The van der Waals surface area contributed by atoms with Crippen molar-refractivity contribution >= 4 is 16.6 Å². The first-order chi connectivity index (χ1) is 10.6. The van der Waals surface area contributed by atoms with E-state index in [1.165, 1.54) is 12.1 Å². The summed E-state index contributed by atoms with van der Waals surface area (Å²) < 4.78 is 15.9. The second kappa shape index (κ2) is 5.19. The summed E-state index contributed by atoms with van der Waals surface area (Å²) in [5.74, 6) is -0.467. The Kier molecular flexibility index (Phi) is 3.34. The van der Waals surface area contributed by atoms with Crippen molar-refractivity contribution < 1.29 is 4.39 Å². The first-order valence-corrected chi connectivity index (χ1v) is 7.15. The van der Waals surface area contributed by atoms with Gasteiger partial charge in [0.1, 0.15) is 11.9 Å². The lowest BCUT2D eigenvalue weighted by molar-refractivity contribution is 0.632. The van der Waals surface area contributed by atoms with Gasteiger partial charge in [-0.25, -0.2) is 4.39 Å². The molecule has 0 atom stereocenters. The third-order valence-corrected chi connectivity index (χ3v) is 3.92. The maximum Gasteiger partial charge on any atom is 0.146 e. The third kappa shape index (κ3) is 2.03. The maximum atomic E-state index is 13.8. The van der Waals surface area contributed by atoms with Crippen molar-refractivity contribution in [1.82, 2.24) is 4.57 Å². The summed E-state index contributed by atoms with van der Waals surface area (Å²) >= 11 is 0. The Balaban J connectivity index is 2.42. The zero-order valence-corrected chi connectivity index (χ0v) is 12.5. The molecule has 110 valence electrons. The van der Waals surface area contributed by atoms with E-state index in [0.717, 1.165) is 22.2 Å². The fourth-order valence-corrected chi connectivity index (χ4v) is 2.88. The molecule has 0 aliphatic heterocycles. The zero-order valence-electron chi connectivity index (χ0n) is 12.5. The molecule has 0 saturated carbocycles. The maximum absolute atomic E-state index is 13.8. The molecule has 0 saturated heterocycles. The SMILES string of the molecule is CCn1c(-c2ccc(N)c(F)c2)c(C#N)c2ccc(C)cc21. The van der Waals surface area contributed by atoms with Crippen molar-refractivity contribution in [3.05, 3.63) is 53.3 Å². The van der Waals surface area contributed by atoms with Crippen LogP contribution in [-0.2, 0) is 6.54 Å². The number of anilines is 1. The van der Waals surface area contributed by atoms with Crippen molar-refractivity contribution in [2.45, 2.75) is 20.4 Å². The van der Waals surface area contributed by atoms with Gasteiger partial charge in [0, 0.05) is 17.5 Å². The topological polar surface area (TPSA) is 54.7 Å². The number of fused-ring (bicyclic) bond motifs is 1. The highest BCUT2D eigenvalue weighted by Crippen LogP contribution is 2.34. The van der Waals surface area contributed by atoms with Crippen LogP contribution in [0.1, 0.15) is 18.1 Å². The van der Waals surface area contributed by atoms with Gasteiger partial charge in [-0.05, 0) is 37.6 Å². The van der Waals surface area contributed by atoms with Crippen molar-refractivity contribution in [2.24, 2.45) is 0 Å². The second-order valence-corrected chi connectivity index (χ2v) is 5.34. The van der Waals surface area contributed by atoms with Crippen molar-refractivity contribution in [2.75, 3.05) is 5.73 Å². The normalized spacial score (nSPS) is 10.8. The van der Waals surface area contributed by atoms with Crippen LogP contribution < -0.4 is 5.73 Å². The van der Waals surface area contributed by atoms with Crippen LogP contribution in [0.4, 0.5) is 10.1 Å². The molecule has 1 heterocycles. The minimum atomic E-state index is -0.467. The lowest BCUT2D eigenvalue weighted by Crippen LogP contribution is -1.99. The lowest BCUT2D eigenvalue weighted by atomic mass is 10.0. The van der Waals surface area contributed by atoms with Gasteiger partial charge in [-0.3, -0.25) is 0 Å². The number of halogens is 1. The minimum Gasteiger partial charge on any atom is -0.396 e. The fraction of sp³-hybridized carbons (Fsp3) is 0.167. The van der Waals surface area contributed by atoms with Crippen LogP contribution in [0.15, 0.2) is 36.4 Å². The predicted molar refractivity (Wildman–Crippen MR) is 86.9 cm³/mol. The monoisotopic (exact) mass is 293 g/mol. The van der Waals surface area contributed by atoms with Gasteiger partial charge in [-0.1, -0.05) is 18.2 Å². The van der Waals surface area contributed by atoms with Gasteiger partial charge in [0.2, 0.25) is 0 Å². The van der Waals surface area contributed by atoms with Gasteiger partial charge in [-0.2, -0.15) is 5.26 Å². The quantitative estimate of drug-likeness (QED) is 0.719. The zero-order chi connectivity index (χ0) is 15.9. The molecule has 0 amide bonds. The van der Waals surface area contributed by atoms with E-state index in [1.54, 1.807) is 6.07 Å². The van der Waals surface area contributed by atoms with Crippen molar-refractivity contribution in [3.8, 4) is 17.3 Å². The third-order valence-electron chi connectivity index (χ3n) is 3.92. The lowest BCUT2D eigenvalue weighted by Gasteiger charge is -2.09. The number of aromatic nitrogens is 1. The van der Waals surface area contributed by atoms with E-state index in [0.29, 0.717) is 17.7 Å². The number of hydrogen-bond acceptors (Lipinski definition) is 2. The number of hydrogen-bond donors (Lipinski definition) is 1. The Bertz CT molecular complexity index is 916. The van der Waals surface area contributed by atoms with Crippen LogP contribution in [0.2, 0.25) is 0 Å². The van der Waals surface area contributed by atoms with Crippen LogP contribution in [0, 0.1) is 24.1 Å². The number of nitriles is 1. The molecule has 3 aromatic rings. The number of rotatable bonds is 2. The van der Waals surface area contributed by atoms with Crippen LogP contribution in [0.25, 0.3) is 22.2 Å². The number of nitrogens with zero attached hydrogens (tertiary/aromatic N) is 2. The molecule has 3 nitrogen and oxygen atoms in total. The minimum absolute atomic E-state index is 0.109. The van der Waals surface area contributed by atoms with Gasteiger partial charge in [0.15, 0.2) is 0 Å². The summed E-state index contributed by atoms with van der Waals surface area (Å²) in [5.41, 5.74) is 9.76. The molecule has 0 aliphatic rings. The summed E-state index contributed by atoms with van der Waals surface area (Å²) in [6, 6.07) is 12.9. The highest BCUT2D eigenvalue weighted by molar-refractivity contribution is 5.95. The Labute approximate surface area is 128 Å². The van der Waals surface area contributed by atoms with E-state index in [-0.39, 0.29) is 5.69 Å². The number of benzene rings is 2. The summed E-state index contributed by atoms with van der Waals surface area (Å²) in [4.78, 5) is 0. The van der Waals surface area contributed by atoms with E-state index in [9.17, 15) is 9.65 Å². The Morgan fingerprint density at radius 2 is 2.00 bits per heavy atom. The second-order valence-electron chi connectivity index (χ2n) is 5.34. The molecule has 0 fully saturated rings. The molecule has 1 aromatic heterocycles. The summed E-state index contributed by atoms with van der Waals surface area (Å²) in [6.07, 6.45) is 0. The van der Waals surface area contributed by atoms with Gasteiger partial charge in [-0.15, -0.1) is 0 Å². The first-order valence-electron chi connectivity index (χ1n) is 7.15. The molecule has 3 rings (SSSR count). The Morgan fingerprint density at radius 3 is 2.64 bits per heavy atom. The molecule has 0 bridgehead atoms. The van der Waals surface area contributed by atoms with Crippen molar-refractivity contribution in [1.29, 1.82) is 5.26 Å². The molecule has 4 heteroatoms. The van der Waals surface area contributed by atoms with Crippen molar-refractivity contribution in [3.63, 3.8) is 0 Å². The van der Waals surface area contributed by atoms with E-state index in [4.69, 9.17) is 5.73 Å². The van der Waals surface area contributed by atoms with Gasteiger partial charge >= 0.3 is 0 Å². The van der Waals surface area contributed by atoms with Crippen LogP contribution >= 0.6 is 0 Å². The van der Waals surface area contributed by atoms with Crippen LogP contribution in [-0.4, -0.2) is 4.57 Å². The van der Waals surface area contributed by atoms with E-state index >= 15 is 0 Å². The largest absolute Gasteiger partial charge is 0.396 e. The Hall–Kier alpha value is -2.80. The van der Waals surface area contributed by atoms with Gasteiger partial charge in [0.25, 0.3) is 0 Å². The molecule has 0 aliphatic carbocycles. The molecule has 2 N–H and O–H groups in total. The smallest absolute Gasteiger partial charge is 0.146 e. The van der Waals surface area contributed by atoms with Gasteiger partial charge < -0.3 is 10.3 Å². The molecule has 0 unspecified atom stereocenters. The first kappa shape index (κ1) is 14.2. The van der Waals surface area contributed by atoms with E-state index in [1.807, 2.05) is 30.5 Å². The summed E-state index contributed by atoms with van der Waals surface area (Å²) in [5, 5.41) is 10.5. The summed E-state index contributed by atoms with van der Waals surface area (Å²) in [7, 11) is 0. The number of nitrogens with two attached hydrogens (primary N) is 1. The van der Waals surface area contributed by atoms with Crippen LogP contribution in [0.5, 0.6) is 0 Å². The average Bonchev–Trinajstić information content (AvgIpc) is 2.82. The Morgan fingerprint density at radius 1 is 1.23 bits per heavy atom. The highest BCUT2D eigenvalue weighted by atomic mass is 19.1. The molecule has 22 heavy (non-hydrogen) atoms.